The number of halogens is 1. The van der Waals surface area contributed by atoms with E-state index in [0.29, 0.717) is 16.4 Å². The Kier molecular flexibility index (Phi) is 5.28. The Labute approximate surface area is 173 Å². The van der Waals surface area contributed by atoms with Gasteiger partial charge >= 0.3 is 0 Å². The third-order valence-corrected chi connectivity index (χ3v) is 5.74. The number of hydrogen-bond donors (Lipinski definition) is 0. The molecule has 2 amide bonds. The quantitative estimate of drug-likeness (QED) is 0.511. The molecule has 6 heteroatoms. The second-order valence-corrected chi connectivity index (χ2v) is 8.50. The highest BCUT2D eigenvalue weighted by Gasteiger charge is 2.35. The van der Waals surface area contributed by atoms with Gasteiger partial charge in [0.2, 0.25) is 0 Å². The number of carbonyl (C=O) groups is 2. The van der Waals surface area contributed by atoms with Crippen molar-refractivity contribution in [1.82, 2.24) is 9.47 Å². The van der Waals surface area contributed by atoms with Gasteiger partial charge in [0.15, 0.2) is 0 Å². The van der Waals surface area contributed by atoms with Crippen molar-refractivity contribution in [3.63, 3.8) is 0 Å². The van der Waals surface area contributed by atoms with E-state index < -0.39 is 5.82 Å². The molecule has 0 spiro atoms. The van der Waals surface area contributed by atoms with E-state index in [9.17, 15) is 14.0 Å². The summed E-state index contributed by atoms with van der Waals surface area (Å²) in [6.07, 6.45) is 3.79. The standard InChI is InChI=1S/C23H21FN2O2S/c1-15(2)12-25-13-17(18-8-4-6-10-20(18)25)11-21-22(27)26(23(28)29-21)14-16-7-3-5-9-19(16)24/h3-11,13,15H,12,14H2,1-2H3/b21-11-. The lowest BCUT2D eigenvalue weighted by Crippen LogP contribution is -2.27. The van der Waals surface area contributed by atoms with E-state index in [1.165, 1.54) is 6.07 Å². The van der Waals surface area contributed by atoms with Gasteiger partial charge in [-0.15, -0.1) is 0 Å². The molecule has 1 fully saturated rings. The summed E-state index contributed by atoms with van der Waals surface area (Å²) in [7, 11) is 0. The minimum Gasteiger partial charge on any atom is -0.347 e. The van der Waals surface area contributed by atoms with E-state index in [4.69, 9.17) is 0 Å². The molecule has 2 heterocycles. The van der Waals surface area contributed by atoms with Crippen LogP contribution in [-0.2, 0) is 17.9 Å². The van der Waals surface area contributed by atoms with Gasteiger partial charge in [-0.25, -0.2) is 4.39 Å². The SMILES string of the molecule is CC(C)Cn1cc(/C=C2\SC(=O)N(Cc3ccccc3F)C2=O)c2ccccc21. The van der Waals surface area contributed by atoms with Crippen LogP contribution < -0.4 is 0 Å². The van der Waals surface area contributed by atoms with E-state index in [-0.39, 0.29) is 17.7 Å². The summed E-state index contributed by atoms with van der Waals surface area (Å²) in [6.45, 7) is 5.11. The van der Waals surface area contributed by atoms with Gasteiger partial charge in [0, 0.05) is 34.8 Å². The number of fused-ring (bicyclic) bond motifs is 1. The van der Waals surface area contributed by atoms with Crippen molar-refractivity contribution in [3.8, 4) is 0 Å². The number of amides is 2. The summed E-state index contributed by atoms with van der Waals surface area (Å²) >= 11 is 0.900. The fourth-order valence-corrected chi connectivity index (χ4v) is 4.34. The molecular formula is C23H21FN2O2S. The zero-order valence-electron chi connectivity index (χ0n) is 16.3. The fourth-order valence-electron chi connectivity index (χ4n) is 3.51. The minimum atomic E-state index is -0.424. The lowest BCUT2D eigenvalue weighted by molar-refractivity contribution is -0.123. The third-order valence-electron chi connectivity index (χ3n) is 4.83. The number of rotatable bonds is 5. The Balaban J connectivity index is 1.66. The average molecular weight is 408 g/mol. The highest BCUT2D eigenvalue weighted by Crippen LogP contribution is 2.35. The number of imide groups is 1. The molecule has 0 N–H and O–H groups in total. The van der Waals surface area contributed by atoms with Gasteiger partial charge < -0.3 is 4.57 Å². The van der Waals surface area contributed by atoms with Gasteiger partial charge in [-0.3, -0.25) is 14.5 Å². The molecule has 4 nitrogen and oxygen atoms in total. The normalized spacial score (nSPS) is 16.0. The molecule has 4 rings (SSSR count). The van der Waals surface area contributed by atoms with Crippen LogP contribution in [0.2, 0.25) is 0 Å². The van der Waals surface area contributed by atoms with Gasteiger partial charge in [0.05, 0.1) is 11.4 Å². The van der Waals surface area contributed by atoms with Crippen molar-refractivity contribution in [2.24, 2.45) is 5.92 Å². The summed E-state index contributed by atoms with van der Waals surface area (Å²) in [5, 5.41) is 0.657. The highest BCUT2D eigenvalue weighted by atomic mass is 32.2. The molecule has 1 saturated heterocycles. The zero-order chi connectivity index (χ0) is 20.5. The van der Waals surface area contributed by atoms with Crippen LogP contribution in [-0.4, -0.2) is 20.6 Å². The average Bonchev–Trinajstić information content (AvgIpc) is 3.15. The lowest BCUT2D eigenvalue weighted by atomic mass is 10.1. The van der Waals surface area contributed by atoms with E-state index in [2.05, 4.69) is 24.5 Å². The molecule has 1 aliphatic rings. The maximum Gasteiger partial charge on any atom is 0.293 e. The van der Waals surface area contributed by atoms with Gasteiger partial charge in [0.25, 0.3) is 11.1 Å². The van der Waals surface area contributed by atoms with E-state index in [1.807, 2.05) is 24.4 Å². The minimum absolute atomic E-state index is 0.0657. The van der Waals surface area contributed by atoms with Crippen molar-refractivity contribution < 1.29 is 14.0 Å². The smallest absolute Gasteiger partial charge is 0.293 e. The first-order valence-electron chi connectivity index (χ1n) is 9.50. The highest BCUT2D eigenvalue weighted by molar-refractivity contribution is 8.18. The van der Waals surface area contributed by atoms with Crippen LogP contribution in [0.4, 0.5) is 9.18 Å². The van der Waals surface area contributed by atoms with Gasteiger partial charge in [0.1, 0.15) is 5.82 Å². The number of hydrogen-bond acceptors (Lipinski definition) is 3. The second-order valence-electron chi connectivity index (χ2n) is 7.51. The molecule has 0 bridgehead atoms. The molecule has 2 aromatic carbocycles. The van der Waals surface area contributed by atoms with Crippen LogP contribution in [0.3, 0.4) is 0 Å². The number of nitrogens with zero attached hydrogens (tertiary/aromatic N) is 2. The summed E-state index contributed by atoms with van der Waals surface area (Å²) in [5.41, 5.74) is 2.32. The summed E-state index contributed by atoms with van der Waals surface area (Å²) in [6, 6.07) is 14.2. The molecule has 0 radical (unpaired) electrons. The van der Waals surface area contributed by atoms with Gasteiger partial charge in [-0.1, -0.05) is 50.2 Å². The topological polar surface area (TPSA) is 42.3 Å². The Morgan fingerprint density at radius 1 is 1.07 bits per heavy atom. The first-order valence-corrected chi connectivity index (χ1v) is 10.3. The zero-order valence-corrected chi connectivity index (χ0v) is 17.1. The Morgan fingerprint density at radius 2 is 1.79 bits per heavy atom. The first-order chi connectivity index (χ1) is 13.9. The first kappa shape index (κ1) is 19.5. The molecule has 0 unspecified atom stereocenters. The predicted octanol–water partition coefficient (Wildman–Crippen LogP) is 5.67. The van der Waals surface area contributed by atoms with Crippen molar-refractivity contribution >= 4 is 39.9 Å². The number of thioether (sulfide) groups is 1. The Hall–Kier alpha value is -2.86. The molecule has 3 aromatic rings. The summed E-state index contributed by atoms with van der Waals surface area (Å²) in [4.78, 5) is 26.7. The van der Waals surface area contributed by atoms with E-state index in [0.717, 1.165) is 39.7 Å². The summed E-state index contributed by atoms with van der Waals surface area (Å²) in [5.74, 6) is -0.331. The van der Waals surface area contributed by atoms with Gasteiger partial charge in [-0.05, 0) is 35.9 Å². The molecule has 148 valence electrons. The molecule has 0 saturated carbocycles. The largest absolute Gasteiger partial charge is 0.347 e. The van der Waals surface area contributed by atoms with E-state index >= 15 is 0 Å². The maximum absolute atomic E-state index is 13.9. The van der Waals surface area contributed by atoms with Crippen molar-refractivity contribution in [3.05, 3.63) is 76.6 Å². The lowest BCUT2D eigenvalue weighted by Gasteiger charge is -2.12. The monoisotopic (exact) mass is 408 g/mol. The van der Waals surface area contributed by atoms with Gasteiger partial charge in [-0.2, -0.15) is 0 Å². The van der Waals surface area contributed by atoms with E-state index in [1.54, 1.807) is 24.3 Å². The molecule has 1 aromatic heterocycles. The van der Waals surface area contributed by atoms with Crippen LogP contribution in [0, 0.1) is 11.7 Å². The van der Waals surface area contributed by atoms with Crippen molar-refractivity contribution in [2.75, 3.05) is 0 Å². The van der Waals surface area contributed by atoms with Crippen LogP contribution in [0.15, 0.2) is 59.6 Å². The van der Waals surface area contributed by atoms with Crippen LogP contribution in [0.5, 0.6) is 0 Å². The summed E-state index contributed by atoms with van der Waals surface area (Å²) < 4.78 is 16.1. The van der Waals surface area contributed by atoms with Crippen LogP contribution in [0.25, 0.3) is 17.0 Å². The van der Waals surface area contributed by atoms with Crippen LogP contribution >= 0.6 is 11.8 Å². The molecule has 1 aliphatic heterocycles. The number of para-hydroxylation sites is 1. The number of benzene rings is 2. The molecular weight excluding hydrogens is 387 g/mol. The van der Waals surface area contributed by atoms with Crippen molar-refractivity contribution in [1.29, 1.82) is 0 Å². The third kappa shape index (κ3) is 3.85. The fraction of sp³-hybridized carbons (Fsp3) is 0.217. The predicted molar refractivity (Wildman–Crippen MR) is 115 cm³/mol. The Morgan fingerprint density at radius 3 is 2.55 bits per heavy atom. The molecule has 0 atom stereocenters. The molecule has 0 aliphatic carbocycles. The molecule has 29 heavy (non-hydrogen) atoms. The maximum atomic E-state index is 13.9. The number of carbonyl (C=O) groups excluding carboxylic acids is 2. The second kappa shape index (κ2) is 7.87. The number of aromatic nitrogens is 1. The van der Waals surface area contributed by atoms with Crippen molar-refractivity contribution in [2.45, 2.75) is 26.9 Å². The Bertz CT molecular complexity index is 1130. The van der Waals surface area contributed by atoms with Crippen LogP contribution in [0.1, 0.15) is 25.0 Å².